The van der Waals surface area contributed by atoms with Crippen LogP contribution in [0.4, 0.5) is 0 Å². The van der Waals surface area contributed by atoms with E-state index < -0.39 is 6.10 Å². The van der Waals surface area contributed by atoms with Crippen LogP contribution in [-0.2, 0) is 27.2 Å². The molecule has 0 fully saturated rings. The zero-order valence-corrected chi connectivity index (χ0v) is 21.9. The van der Waals surface area contributed by atoms with Crippen LogP contribution in [0.25, 0.3) is 32.9 Å². The van der Waals surface area contributed by atoms with Crippen molar-refractivity contribution in [2.75, 3.05) is 19.8 Å². The van der Waals surface area contributed by atoms with E-state index in [2.05, 4.69) is 71.3 Å². The molecule has 0 spiro atoms. The van der Waals surface area contributed by atoms with Gasteiger partial charge in [-0.3, -0.25) is 0 Å². The van der Waals surface area contributed by atoms with Crippen molar-refractivity contribution in [1.29, 1.82) is 0 Å². The van der Waals surface area contributed by atoms with Gasteiger partial charge in [-0.2, -0.15) is 0 Å². The zero-order chi connectivity index (χ0) is 26.3. The minimum atomic E-state index is -0.593. The Balaban J connectivity index is 1.29. The highest BCUT2D eigenvalue weighted by Gasteiger charge is 2.20. The topological polar surface area (TPSA) is 49.7 Å². The molecule has 5 aromatic rings. The quantitative estimate of drug-likeness (QED) is 0.180. The van der Waals surface area contributed by atoms with Crippen LogP contribution in [0.5, 0.6) is 5.75 Å². The predicted octanol–water partition coefficient (Wildman–Crippen LogP) is 7.05. The number of carbonyl (C=O) groups excluding carboxylic acids is 1. The molecule has 0 N–H and O–H groups in total. The number of para-hydroxylation sites is 1. The molecule has 1 atom stereocenters. The van der Waals surface area contributed by atoms with Gasteiger partial charge < -0.3 is 18.8 Å². The number of hydrogen-bond acceptors (Lipinski definition) is 4. The number of rotatable bonds is 11. The second-order valence-electron chi connectivity index (χ2n) is 9.16. The Morgan fingerprint density at radius 3 is 2.26 bits per heavy atom. The number of nitrogens with zero attached hydrogens (tertiary/aromatic N) is 1. The monoisotopic (exact) mass is 507 g/mol. The van der Waals surface area contributed by atoms with E-state index in [9.17, 15) is 4.79 Å². The van der Waals surface area contributed by atoms with E-state index in [1.807, 2.05) is 37.3 Å². The molecule has 1 aromatic heterocycles. The van der Waals surface area contributed by atoms with Gasteiger partial charge in [0, 0.05) is 34.8 Å². The fraction of sp³-hybridized carbons (Fsp3) is 0.242. The summed E-state index contributed by atoms with van der Waals surface area (Å²) in [6, 6.07) is 33.6. The van der Waals surface area contributed by atoms with Crippen molar-refractivity contribution in [1.82, 2.24) is 4.57 Å². The van der Waals surface area contributed by atoms with Crippen molar-refractivity contribution in [2.45, 2.75) is 32.9 Å². The summed E-state index contributed by atoms with van der Waals surface area (Å²) in [7, 11) is 0. The molecular formula is C33H33NO4. The van der Waals surface area contributed by atoms with Crippen molar-refractivity contribution in [2.24, 2.45) is 0 Å². The second kappa shape index (κ2) is 12.0. The minimum Gasteiger partial charge on any atom is -0.492 e. The first-order valence-corrected chi connectivity index (χ1v) is 13.2. The fourth-order valence-corrected chi connectivity index (χ4v) is 4.94. The number of hydrogen-bond donors (Lipinski definition) is 0. The second-order valence-corrected chi connectivity index (χ2v) is 9.16. The van der Waals surface area contributed by atoms with Crippen molar-refractivity contribution in [3.63, 3.8) is 0 Å². The zero-order valence-electron chi connectivity index (χ0n) is 21.9. The Hall–Kier alpha value is -4.09. The number of aromatic nitrogens is 1. The minimum absolute atomic E-state index is 0.322. The first-order chi connectivity index (χ1) is 18.7. The third-order valence-corrected chi connectivity index (χ3v) is 6.72. The largest absolute Gasteiger partial charge is 0.492 e. The van der Waals surface area contributed by atoms with Crippen molar-refractivity contribution >= 4 is 27.8 Å². The van der Waals surface area contributed by atoms with Gasteiger partial charge in [0.25, 0.3) is 0 Å². The maximum atomic E-state index is 12.2. The van der Waals surface area contributed by atoms with Crippen molar-refractivity contribution < 1.29 is 19.0 Å². The van der Waals surface area contributed by atoms with Crippen LogP contribution in [0.1, 0.15) is 19.4 Å². The molecule has 0 bridgehead atoms. The Morgan fingerprint density at radius 1 is 0.763 bits per heavy atom. The van der Waals surface area contributed by atoms with E-state index in [-0.39, 0.29) is 5.97 Å². The summed E-state index contributed by atoms with van der Waals surface area (Å²) in [6.07, 6.45) is -0.122. The lowest BCUT2D eigenvalue weighted by atomic mass is 10.0. The standard InChI is InChI=1S/C33H33NO4/c1-3-36-32(33(35)37-4-2)22-24-14-17-27(18-15-24)38-21-20-34-30-13-9-8-12-28(30)29-23-26(16-19-31(29)34)25-10-6-5-7-11-25/h5-19,23,32H,3-4,20-22H2,1-2H3/t32-/m0/s1. The summed E-state index contributed by atoms with van der Waals surface area (Å²) >= 11 is 0. The molecule has 4 aromatic carbocycles. The molecule has 0 aliphatic rings. The lowest BCUT2D eigenvalue weighted by molar-refractivity contribution is -0.156. The summed E-state index contributed by atoms with van der Waals surface area (Å²) in [6.45, 7) is 5.75. The highest BCUT2D eigenvalue weighted by atomic mass is 16.6. The lowest BCUT2D eigenvalue weighted by Gasteiger charge is -2.16. The molecule has 5 nitrogen and oxygen atoms in total. The molecule has 38 heavy (non-hydrogen) atoms. The first-order valence-electron chi connectivity index (χ1n) is 13.2. The highest BCUT2D eigenvalue weighted by Crippen LogP contribution is 2.32. The van der Waals surface area contributed by atoms with Gasteiger partial charge in [0.15, 0.2) is 6.10 Å². The molecule has 5 rings (SSSR count). The van der Waals surface area contributed by atoms with E-state index in [1.165, 1.54) is 32.9 Å². The third-order valence-electron chi connectivity index (χ3n) is 6.72. The van der Waals surface area contributed by atoms with Crippen molar-refractivity contribution in [3.05, 3.63) is 103 Å². The molecular weight excluding hydrogens is 474 g/mol. The third kappa shape index (κ3) is 5.58. The van der Waals surface area contributed by atoms with E-state index in [4.69, 9.17) is 14.2 Å². The van der Waals surface area contributed by atoms with Crippen LogP contribution >= 0.6 is 0 Å². The molecule has 0 aliphatic heterocycles. The molecule has 5 heteroatoms. The van der Waals surface area contributed by atoms with E-state index in [1.54, 1.807) is 6.92 Å². The molecule has 1 heterocycles. The number of benzene rings is 4. The van der Waals surface area contributed by atoms with Crippen LogP contribution in [0.2, 0.25) is 0 Å². The van der Waals surface area contributed by atoms with Crippen molar-refractivity contribution in [3.8, 4) is 16.9 Å². The fourth-order valence-electron chi connectivity index (χ4n) is 4.94. The van der Waals surface area contributed by atoms with Crippen LogP contribution in [0.15, 0.2) is 97.1 Å². The van der Waals surface area contributed by atoms with E-state index >= 15 is 0 Å². The maximum absolute atomic E-state index is 12.2. The Morgan fingerprint density at radius 2 is 1.50 bits per heavy atom. The van der Waals surface area contributed by atoms with Gasteiger partial charge in [0.2, 0.25) is 0 Å². The van der Waals surface area contributed by atoms with E-state index in [0.29, 0.717) is 26.2 Å². The maximum Gasteiger partial charge on any atom is 0.335 e. The van der Waals surface area contributed by atoms with Gasteiger partial charge in [-0.1, -0.05) is 66.7 Å². The smallest absolute Gasteiger partial charge is 0.335 e. The van der Waals surface area contributed by atoms with Crippen LogP contribution in [0.3, 0.4) is 0 Å². The Bertz CT molecular complexity index is 1510. The molecule has 0 amide bonds. The summed E-state index contributed by atoms with van der Waals surface area (Å²) < 4.78 is 19.2. The average Bonchev–Trinajstić information content (AvgIpc) is 3.27. The van der Waals surface area contributed by atoms with Gasteiger partial charge in [0.1, 0.15) is 12.4 Å². The number of esters is 1. The molecule has 194 valence electrons. The number of carbonyl (C=O) groups is 1. The van der Waals surface area contributed by atoms with Gasteiger partial charge in [0.05, 0.1) is 13.2 Å². The first kappa shape index (κ1) is 25.6. The lowest BCUT2D eigenvalue weighted by Crippen LogP contribution is -2.28. The molecule has 0 aliphatic carbocycles. The molecule has 0 saturated heterocycles. The Labute approximate surface area is 223 Å². The highest BCUT2D eigenvalue weighted by molar-refractivity contribution is 6.09. The molecule has 0 radical (unpaired) electrons. The number of fused-ring (bicyclic) bond motifs is 3. The summed E-state index contributed by atoms with van der Waals surface area (Å²) in [5, 5.41) is 2.49. The normalized spacial score (nSPS) is 12.1. The SMILES string of the molecule is CCOC(=O)[C@H](Cc1ccc(OCCn2c3ccccc3c3cc(-c4ccccc4)ccc32)cc1)OCC. The summed E-state index contributed by atoms with van der Waals surface area (Å²) in [5.41, 5.74) is 5.83. The van der Waals surface area contributed by atoms with Gasteiger partial charge in [-0.05, 0) is 60.9 Å². The van der Waals surface area contributed by atoms with Gasteiger partial charge in [-0.25, -0.2) is 4.79 Å². The van der Waals surface area contributed by atoms with Gasteiger partial charge in [-0.15, -0.1) is 0 Å². The summed E-state index contributed by atoms with van der Waals surface area (Å²) in [4.78, 5) is 12.2. The molecule has 0 saturated carbocycles. The predicted molar refractivity (Wildman–Crippen MR) is 153 cm³/mol. The van der Waals surface area contributed by atoms with Crippen LogP contribution in [-0.4, -0.2) is 36.5 Å². The van der Waals surface area contributed by atoms with Crippen LogP contribution < -0.4 is 4.74 Å². The van der Waals surface area contributed by atoms with Crippen LogP contribution in [0, 0.1) is 0 Å². The Kier molecular flexibility index (Phi) is 8.05. The van der Waals surface area contributed by atoms with Gasteiger partial charge >= 0.3 is 5.97 Å². The molecule has 0 unspecified atom stereocenters. The summed E-state index contributed by atoms with van der Waals surface area (Å²) in [5.74, 6) is 0.474. The average molecular weight is 508 g/mol. The number of ether oxygens (including phenoxy) is 3. The van der Waals surface area contributed by atoms with E-state index in [0.717, 1.165) is 17.9 Å².